The molecule has 0 aromatic rings. The molecule has 2 amide bonds. The summed E-state index contributed by atoms with van der Waals surface area (Å²) in [6, 6.07) is -0.636. The summed E-state index contributed by atoms with van der Waals surface area (Å²) >= 11 is 0. The van der Waals surface area contributed by atoms with Gasteiger partial charge in [-0.3, -0.25) is 9.59 Å². The van der Waals surface area contributed by atoms with Crippen molar-refractivity contribution < 1.29 is 18.0 Å². The van der Waals surface area contributed by atoms with Crippen molar-refractivity contribution in [1.29, 1.82) is 0 Å². The number of amides is 2. The summed E-state index contributed by atoms with van der Waals surface area (Å²) in [5.74, 6) is -0.395. The first-order chi connectivity index (χ1) is 9.25. The Kier molecular flexibility index (Phi) is 4.77. The van der Waals surface area contributed by atoms with Crippen molar-refractivity contribution in [3.63, 3.8) is 0 Å². The van der Waals surface area contributed by atoms with E-state index in [9.17, 15) is 18.0 Å². The highest BCUT2D eigenvalue weighted by Gasteiger charge is 2.41. The standard InChI is InChI=1S/C14H26N2O4S/c1-13(2,3)11-12(18)16(8-7-10(17)15-11)9-14(4,5)21(6,19)20/h11H,7-9H2,1-6H3,(H,15,17). The van der Waals surface area contributed by atoms with Crippen LogP contribution in [0, 0.1) is 5.41 Å². The molecule has 1 fully saturated rings. The number of nitrogens with zero attached hydrogens (tertiary/aromatic N) is 1. The normalized spacial score (nSPS) is 22.0. The third kappa shape index (κ3) is 4.18. The average molecular weight is 318 g/mol. The number of nitrogens with one attached hydrogen (secondary N) is 1. The van der Waals surface area contributed by atoms with Gasteiger partial charge in [0.1, 0.15) is 6.04 Å². The summed E-state index contributed by atoms with van der Waals surface area (Å²) in [5.41, 5.74) is -0.426. The molecule has 0 radical (unpaired) electrons. The Morgan fingerprint density at radius 2 is 1.71 bits per heavy atom. The van der Waals surface area contributed by atoms with E-state index >= 15 is 0 Å². The Morgan fingerprint density at radius 1 is 1.19 bits per heavy atom. The highest BCUT2D eigenvalue weighted by molar-refractivity contribution is 7.92. The van der Waals surface area contributed by atoms with E-state index in [1.54, 1.807) is 13.8 Å². The third-order valence-corrected chi connectivity index (χ3v) is 6.05. The zero-order chi connectivity index (χ0) is 16.6. The molecule has 122 valence electrons. The molecule has 1 rings (SSSR count). The van der Waals surface area contributed by atoms with Crippen LogP contribution in [0.15, 0.2) is 0 Å². The fourth-order valence-electron chi connectivity index (χ4n) is 2.14. The van der Waals surface area contributed by atoms with E-state index in [1.165, 1.54) is 11.2 Å². The quantitative estimate of drug-likeness (QED) is 0.825. The van der Waals surface area contributed by atoms with Crippen LogP contribution in [0.3, 0.4) is 0 Å². The van der Waals surface area contributed by atoms with Crippen LogP contribution < -0.4 is 5.32 Å². The number of carbonyl (C=O) groups is 2. The van der Waals surface area contributed by atoms with E-state index in [-0.39, 0.29) is 31.3 Å². The maximum absolute atomic E-state index is 12.7. The molecular weight excluding hydrogens is 292 g/mol. The van der Waals surface area contributed by atoms with Gasteiger partial charge in [0.15, 0.2) is 9.84 Å². The first-order valence-electron chi connectivity index (χ1n) is 7.03. The first kappa shape index (κ1) is 17.9. The van der Waals surface area contributed by atoms with Gasteiger partial charge in [-0.1, -0.05) is 20.8 Å². The van der Waals surface area contributed by atoms with Crippen molar-refractivity contribution in [2.75, 3.05) is 19.3 Å². The van der Waals surface area contributed by atoms with Crippen molar-refractivity contribution in [2.45, 2.75) is 51.8 Å². The maximum Gasteiger partial charge on any atom is 0.245 e. The molecule has 6 nitrogen and oxygen atoms in total. The number of hydrogen-bond donors (Lipinski definition) is 1. The molecule has 1 unspecified atom stereocenters. The molecule has 7 heteroatoms. The fourth-order valence-corrected chi connectivity index (χ4v) is 2.54. The van der Waals surface area contributed by atoms with Gasteiger partial charge < -0.3 is 10.2 Å². The van der Waals surface area contributed by atoms with E-state index in [0.717, 1.165) is 0 Å². The zero-order valence-electron chi connectivity index (χ0n) is 13.7. The third-order valence-electron chi connectivity index (χ3n) is 3.91. The molecule has 0 aromatic heterocycles. The van der Waals surface area contributed by atoms with Crippen LogP contribution in [0.4, 0.5) is 0 Å². The van der Waals surface area contributed by atoms with E-state index in [4.69, 9.17) is 0 Å². The summed E-state index contributed by atoms with van der Waals surface area (Å²) < 4.78 is 22.6. The van der Waals surface area contributed by atoms with Gasteiger partial charge >= 0.3 is 0 Å². The second-order valence-corrected chi connectivity index (χ2v) is 10.1. The van der Waals surface area contributed by atoms with Crippen LogP contribution in [0.2, 0.25) is 0 Å². The molecule has 0 saturated carbocycles. The van der Waals surface area contributed by atoms with E-state index in [2.05, 4.69) is 5.32 Å². The summed E-state index contributed by atoms with van der Waals surface area (Å²) in [4.78, 5) is 25.9. The molecule has 1 aliphatic rings. The molecule has 21 heavy (non-hydrogen) atoms. The number of hydrogen-bond acceptors (Lipinski definition) is 4. The lowest BCUT2D eigenvalue weighted by molar-refractivity contribution is -0.136. The van der Waals surface area contributed by atoms with Gasteiger partial charge in [0.05, 0.1) is 4.75 Å². The molecule has 0 bridgehead atoms. The van der Waals surface area contributed by atoms with Crippen LogP contribution in [-0.4, -0.2) is 55.3 Å². The monoisotopic (exact) mass is 318 g/mol. The Labute approximate surface area is 127 Å². The Hall–Kier alpha value is -1.11. The predicted molar refractivity (Wildman–Crippen MR) is 81.5 cm³/mol. The van der Waals surface area contributed by atoms with Gasteiger partial charge in [-0.05, 0) is 19.3 Å². The predicted octanol–water partition coefficient (Wildman–Crippen LogP) is 0.573. The van der Waals surface area contributed by atoms with Crippen LogP contribution >= 0.6 is 0 Å². The van der Waals surface area contributed by atoms with Gasteiger partial charge in [-0.15, -0.1) is 0 Å². The van der Waals surface area contributed by atoms with Crippen LogP contribution in [0.1, 0.15) is 41.0 Å². The van der Waals surface area contributed by atoms with Crippen LogP contribution in [0.5, 0.6) is 0 Å². The summed E-state index contributed by atoms with van der Waals surface area (Å²) in [7, 11) is -3.30. The number of sulfone groups is 1. The number of carbonyl (C=O) groups excluding carboxylic acids is 2. The average Bonchev–Trinajstić information content (AvgIpc) is 2.39. The molecule has 1 heterocycles. The highest BCUT2D eigenvalue weighted by atomic mass is 32.2. The first-order valence-corrected chi connectivity index (χ1v) is 8.92. The lowest BCUT2D eigenvalue weighted by atomic mass is 9.86. The molecule has 0 spiro atoms. The van der Waals surface area contributed by atoms with Crippen molar-refractivity contribution in [3.8, 4) is 0 Å². The number of rotatable bonds is 3. The summed E-state index contributed by atoms with van der Waals surface area (Å²) in [6.45, 7) is 9.16. The fraction of sp³-hybridized carbons (Fsp3) is 0.857. The van der Waals surface area contributed by atoms with Gasteiger partial charge in [0, 0.05) is 25.8 Å². The summed E-state index contributed by atoms with van der Waals surface area (Å²) in [6.07, 6.45) is 1.36. The molecule has 1 aliphatic heterocycles. The molecule has 1 atom stereocenters. The largest absolute Gasteiger partial charge is 0.344 e. The smallest absolute Gasteiger partial charge is 0.245 e. The second-order valence-electron chi connectivity index (χ2n) is 7.41. The van der Waals surface area contributed by atoms with Crippen molar-refractivity contribution in [3.05, 3.63) is 0 Å². The molecule has 0 aromatic carbocycles. The van der Waals surface area contributed by atoms with Crippen LogP contribution in [-0.2, 0) is 19.4 Å². The second kappa shape index (κ2) is 5.59. The molecule has 1 saturated heterocycles. The van der Waals surface area contributed by atoms with E-state index in [1.807, 2.05) is 20.8 Å². The Balaban J connectivity index is 3.07. The maximum atomic E-state index is 12.7. The van der Waals surface area contributed by atoms with Crippen molar-refractivity contribution in [1.82, 2.24) is 10.2 Å². The topological polar surface area (TPSA) is 83.6 Å². The molecular formula is C14H26N2O4S. The van der Waals surface area contributed by atoms with E-state index in [0.29, 0.717) is 0 Å². The van der Waals surface area contributed by atoms with Gasteiger partial charge in [-0.25, -0.2) is 8.42 Å². The lowest BCUT2D eigenvalue weighted by Gasteiger charge is -2.35. The minimum absolute atomic E-state index is 0.0895. The van der Waals surface area contributed by atoms with Crippen molar-refractivity contribution in [2.24, 2.45) is 5.41 Å². The highest BCUT2D eigenvalue weighted by Crippen LogP contribution is 2.25. The Bertz CT molecular complexity index is 532. The summed E-state index contributed by atoms with van der Waals surface area (Å²) in [5, 5.41) is 2.74. The van der Waals surface area contributed by atoms with Crippen LogP contribution in [0.25, 0.3) is 0 Å². The zero-order valence-corrected chi connectivity index (χ0v) is 14.5. The lowest BCUT2D eigenvalue weighted by Crippen LogP contribution is -2.54. The van der Waals surface area contributed by atoms with Gasteiger partial charge in [0.25, 0.3) is 0 Å². The van der Waals surface area contributed by atoms with Crippen molar-refractivity contribution >= 4 is 21.7 Å². The minimum Gasteiger partial charge on any atom is -0.344 e. The Morgan fingerprint density at radius 3 is 2.14 bits per heavy atom. The minimum atomic E-state index is -3.30. The van der Waals surface area contributed by atoms with E-state index < -0.39 is 26.0 Å². The SMILES string of the molecule is CC(C)(C)C1NC(=O)CCN(CC(C)(C)S(C)(=O)=O)C1=O. The van der Waals surface area contributed by atoms with Gasteiger partial charge in [-0.2, -0.15) is 0 Å². The molecule has 0 aliphatic carbocycles. The molecule has 1 N–H and O–H groups in total. The van der Waals surface area contributed by atoms with Gasteiger partial charge in [0.2, 0.25) is 11.8 Å².